The molecule has 1 aromatic heterocycles. The predicted octanol–water partition coefficient (Wildman–Crippen LogP) is 3.99. The Kier molecular flexibility index (Phi) is 6.20. The van der Waals surface area contributed by atoms with Gasteiger partial charge in [0.15, 0.2) is 5.58 Å². The molecule has 2 aromatic carbocycles. The van der Waals surface area contributed by atoms with Crippen molar-refractivity contribution in [1.29, 1.82) is 5.26 Å². The SMILES string of the molecule is N#C/C(=C\c1ccc(OCCCN2CCOCC2)cc1)c1noc2ccccc12. The van der Waals surface area contributed by atoms with E-state index in [0.717, 1.165) is 56.0 Å². The molecular formula is C23H23N3O3. The van der Waals surface area contributed by atoms with Gasteiger partial charge in [-0.2, -0.15) is 5.26 Å². The van der Waals surface area contributed by atoms with Crippen molar-refractivity contribution < 1.29 is 14.0 Å². The summed E-state index contributed by atoms with van der Waals surface area (Å²) in [5.74, 6) is 0.828. The van der Waals surface area contributed by atoms with E-state index in [1.165, 1.54) is 0 Å². The van der Waals surface area contributed by atoms with Crippen molar-refractivity contribution in [1.82, 2.24) is 10.1 Å². The van der Waals surface area contributed by atoms with Crippen LogP contribution in [-0.4, -0.2) is 49.5 Å². The van der Waals surface area contributed by atoms with E-state index >= 15 is 0 Å². The van der Waals surface area contributed by atoms with E-state index in [1.807, 2.05) is 54.6 Å². The molecule has 0 bridgehead atoms. The molecule has 6 nitrogen and oxygen atoms in total. The van der Waals surface area contributed by atoms with Crippen LogP contribution < -0.4 is 4.74 Å². The fourth-order valence-corrected chi connectivity index (χ4v) is 3.36. The maximum absolute atomic E-state index is 9.59. The van der Waals surface area contributed by atoms with Gasteiger partial charge in [0.25, 0.3) is 0 Å². The Labute approximate surface area is 169 Å². The maximum Gasteiger partial charge on any atom is 0.167 e. The highest BCUT2D eigenvalue weighted by Crippen LogP contribution is 2.26. The molecular weight excluding hydrogens is 366 g/mol. The third-order valence-electron chi connectivity index (χ3n) is 4.94. The van der Waals surface area contributed by atoms with Gasteiger partial charge in [-0.25, -0.2) is 0 Å². The van der Waals surface area contributed by atoms with E-state index in [9.17, 15) is 5.26 Å². The lowest BCUT2D eigenvalue weighted by molar-refractivity contribution is 0.0358. The Morgan fingerprint density at radius 2 is 1.93 bits per heavy atom. The normalized spacial score (nSPS) is 15.3. The summed E-state index contributed by atoms with van der Waals surface area (Å²) >= 11 is 0. The summed E-state index contributed by atoms with van der Waals surface area (Å²) in [7, 11) is 0. The van der Waals surface area contributed by atoms with Gasteiger partial charge in [0.2, 0.25) is 0 Å². The van der Waals surface area contributed by atoms with Crippen molar-refractivity contribution in [2.75, 3.05) is 39.5 Å². The standard InChI is InChI=1S/C23H23N3O3/c24-17-19(23-21-4-1-2-5-22(21)29-25-23)16-18-6-8-20(9-7-18)28-13-3-10-26-11-14-27-15-12-26/h1-2,4-9,16H,3,10-15H2/b19-16+. The van der Waals surface area contributed by atoms with Crippen LogP contribution in [0.2, 0.25) is 0 Å². The monoisotopic (exact) mass is 389 g/mol. The molecule has 1 aliphatic heterocycles. The summed E-state index contributed by atoms with van der Waals surface area (Å²) in [6.45, 7) is 5.36. The number of morpholine rings is 1. The Balaban J connectivity index is 1.36. The molecule has 148 valence electrons. The summed E-state index contributed by atoms with van der Waals surface area (Å²) < 4.78 is 16.5. The molecule has 0 unspecified atom stereocenters. The van der Waals surface area contributed by atoms with Crippen molar-refractivity contribution in [3.05, 3.63) is 59.8 Å². The fraction of sp³-hybridized carbons (Fsp3) is 0.304. The number of para-hydroxylation sites is 1. The Morgan fingerprint density at radius 1 is 1.14 bits per heavy atom. The molecule has 1 saturated heterocycles. The summed E-state index contributed by atoms with van der Waals surface area (Å²) in [5.41, 5.74) is 2.61. The lowest BCUT2D eigenvalue weighted by Gasteiger charge is -2.26. The van der Waals surface area contributed by atoms with Gasteiger partial charge in [-0.15, -0.1) is 0 Å². The quantitative estimate of drug-likeness (QED) is 0.449. The smallest absolute Gasteiger partial charge is 0.167 e. The Morgan fingerprint density at radius 3 is 2.72 bits per heavy atom. The molecule has 3 aromatic rings. The first-order chi connectivity index (χ1) is 14.3. The van der Waals surface area contributed by atoms with E-state index < -0.39 is 0 Å². The lowest BCUT2D eigenvalue weighted by Crippen LogP contribution is -2.37. The van der Waals surface area contributed by atoms with Crippen molar-refractivity contribution in [3.63, 3.8) is 0 Å². The van der Waals surface area contributed by atoms with Crippen LogP contribution in [0.5, 0.6) is 5.75 Å². The lowest BCUT2D eigenvalue weighted by atomic mass is 10.1. The van der Waals surface area contributed by atoms with Gasteiger partial charge in [0.05, 0.1) is 30.8 Å². The Bertz CT molecular complexity index is 1010. The number of nitrogens with zero attached hydrogens (tertiary/aromatic N) is 3. The number of hydrogen-bond donors (Lipinski definition) is 0. The van der Waals surface area contributed by atoms with Crippen molar-refractivity contribution in [3.8, 4) is 11.8 Å². The summed E-state index contributed by atoms with van der Waals surface area (Å²) in [6, 6.07) is 17.5. The molecule has 0 radical (unpaired) electrons. The Hall–Kier alpha value is -3.14. The zero-order chi connectivity index (χ0) is 19.9. The van der Waals surface area contributed by atoms with E-state index in [4.69, 9.17) is 14.0 Å². The molecule has 4 rings (SSSR count). The number of nitriles is 1. The van der Waals surface area contributed by atoms with Crippen LogP contribution in [0, 0.1) is 11.3 Å². The van der Waals surface area contributed by atoms with E-state index in [-0.39, 0.29) is 0 Å². The molecule has 0 atom stereocenters. The molecule has 0 amide bonds. The minimum absolute atomic E-state index is 0.467. The highest BCUT2D eigenvalue weighted by atomic mass is 16.5. The van der Waals surface area contributed by atoms with Gasteiger partial charge in [0.1, 0.15) is 17.5 Å². The summed E-state index contributed by atoms with van der Waals surface area (Å²) in [4.78, 5) is 2.40. The van der Waals surface area contributed by atoms with Gasteiger partial charge >= 0.3 is 0 Å². The van der Waals surface area contributed by atoms with Crippen LogP contribution in [0.4, 0.5) is 0 Å². The molecule has 1 fully saturated rings. The van der Waals surface area contributed by atoms with Gasteiger partial charge < -0.3 is 14.0 Å². The number of benzene rings is 2. The molecule has 0 N–H and O–H groups in total. The van der Waals surface area contributed by atoms with E-state index in [1.54, 1.807) is 0 Å². The molecule has 1 aliphatic rings. The zero-order valence-corrected chi connectivity index (χ0v) is 16.2. The van der Waals surface area contributed by atoms with Crippen LogP contribution >= 0.6 is 0 Å². The van der Waals surface area contributed by atoms with Crippen LogP contribution in [0.3, 0.4) is 0 Å². The van der Waals surface area contributed by atoms with Gasteiger partial charge in [-0.1, -0.05) is 29.4 Å². The summed E-state index contributed by atoms with van der Waals surface area (Å²) in [5, 5.41) is 14.5. The molecule has 6 heteroatoms. The minimum Gasteiger partial charge on any atom is -0.494 e. The van der Waals surface area contributed by atoms with Crippen LogP contribution in [0.25, 0.3) is 22.6 Å². The average Bonchev–Trinajstić information content (AvgIpc) is 3.21. The number of fused-ring (bicyclic) bond motifs is 1. The number of aromatic nitrogens is 1. The van der Waals surface area contributed by atoms with Crippen LogP contribution in [0.15, 0.2) is 53.1 Å². The first kappa shape index (κ1) is 19.2. The predicted molar refractivity (Wildman–Crippen MR) is 111 cm³/mol. The third-order valence-corrected chi connectivity index (χ3v) is 4.94. The number of ether oxygens (including phenoxy) is 2. The van der Waals surface area contributed by atoms with E-state index in [2.05, 4.69) is 16.1 Å². The van der Waals surface area contributed by atoms with Crippen LogP contribution in [-0.2, 0) is 4.74 Å². The third kappa shape index (κ3) is 4.83. The summed E-state index contributed by atoms with van der Waals surface area (Å²) in [6.07, 6.45) is 2.80. The van der Waals surface area contributed by atoms with E-state index in [0.29, 0.717) is 23.5 Å². The maximum atomic E-state index is 9.59. The zero-order valence-electron chi connectivity index (χ0n) is 16.2. The number of hydrogen-bond acceptors (Lipinski definition) is 6. The average molecular weight is 389 g/mol. The molecule has 0 spiro atoms. The van der Waals surface area contributed by atoms with Crippen molar-refractivity contribution >= 4 is 22.6 Å². The van der Waals surface area contributed by atoms with Gasteiger partial charge in [-0.05, 0) is 42.3 Å². The van der Waals surface area contributed by atoms with Crippen molar-refractivity contribution in [2.45, 2.75) is 6.42 Å². The van der Waals surface area contributed by atoms with Crippen molar-refractivity contribution in [2.24, 2.45) is 0 Å². The second-order valence-electron chi connectivity index (χ2n) is 6.92. The first-order valence-corrected chi connectivity index (χ1v) is 9.83. The molecule has 2 heterocycles. The number of rotatable bonds is 7. The largest absolute Gasteiger partial charge is 0.494 e. The number of allylic oxidation sites excluding steroid dienone is 1. The topological polar surface area (TPSA) is 71.5 Å². The van der Waals surface area contributed by atoms with Crippen LogP contribution in [0.1, 0.15) is 17.7 Å². The molecule has 0 saturated carbocycles. The highest BCUT2D eigenvalue weighted by molar-refractivity contribution is 5.98. The molecule has 29 heavy (non-hydrogen) atoms. The van der Waals surface area contributed by atoms with Gasteiger partial charge in [-0.3, -0.25) is 4.90 Å². The first-order valence-electron chi connectivity index (χ1n) is 9.83. The molecule has 0 aliphatic carbocycles. The second kappa shape index (κ2) is 9.37. The van der Waals surface area contributed by atoms with Gasteiger partial charge in [0, 0.05) is 19.6 Å². The highest BCUT2D eigenvalue weighted by Gasteiger charge is 2.12. The second-order valence-corrected chi connectivity index (χ2v) is 6.92. The minimum atomic E-state index is 0.467. The fourth-order valence-electron chi connectivity index (χ4n) is 3.36.